The molecule has 3 heterocycles. The summed E-state index contributed by atoms with van der Waals surface area (Å²) >= 11 is 0. The molecule has 0 aliphatic carbocycles. The van der Waals surface area contributed by atoms with E-state index in [-0.39, 0.29) is 23.8 Å². The van der Waals surface area contributed by atoms with Gasteiger partial charge in [-0.15, -0.1) is 5.10 Å². The van der Waals surface area contributed by atoms with Crippen LogP contribution >= 0.6 is 0 Å². The van der Waals surface area contributed by atoms with Crippen molar-refractivity contribution in [2.75, 3.05) is 0 Å². The van der Waals surface area contributed by atoms with Crippen LogP contribution < -0.4 is 11.2 Å². The Kier molecular flexibility index (Phi) is 6.05. The van der Waals surface area contributed by atoms with Crippen molar-refractivity contribution in [2.24, 2.45) is 0 Å². The van der Waals surface area contributed by atoms with Gasteiger partial charge in [-0.25, -0.2) is 9.18 Å². The Morgan fingerprint density at radius 1 is 1.06 bits per heavy atom. The highest BCUT2D eigenvalue weighted by Gasteiger charge is 2.19. The highest BCUT2D eigenvalue weighted by atomic mass is 19.1. The molecule has 3 aromatic heterocycles. The lowest BCUT2D eigenvalue weighted by molar-refractivity contribution is 0.0989. The van der Waals surface area contributed by atoms with Gasteiger partial charge in [0.2, 0.25) is 0 Å². The van der Waals surface area contributed by atoms with Crippen molar-refractivity contribution in [2.45, 2.75) is 46.4 Å². The molecule has 0 aliphatic heterocycles. The normalized spacial score (nSPS) is 11.5. The van der Waals surface area contributed by atoms with E-state index >= 15 is 4.39 Å². The van der Waals surface area contributed by atoms with Crippen LogP contribution in [0.2, 0.25) is 0 Å². The molecule has 8 heteroatoms. The van der Waals surface area contributed by atoms with Gasteiger partial charge < -0.3 is 4.74 Å². The predicted molar refractivity (Wildman–Crippen MR) is 120 cm³/mol. The van der Waals surface area contributed by atoms with Gasteiger partial charge in [-0.3, -0.25) is 13.8 Å². The number of hydrogen-bond donors (Lipinski definition) is 0. The van der Waals surface area contributed by atoms with E-state index < -0.39 is 11.5 Å². The average Bonchev–Trinajstić information content (AvgIpc) is 3.09. The number of halogens is 1. The van der Waals surface area contributed by atoms with E-state index in [0.29, 0.717) is 24.5 Å². The first-order valence-corrected chi connectivity index (χ1v) is 10.6. The zero-order valence-electron chi connectivity index (χ0n) is 18.3. The number of rotatable bonds is 7. The Bertz CT molecular complexity index is 1370. The number of ether oxygens (including phenoxy) is 1. The van der Waals surface area contributed by atoms with Crippen molar-refractivity contribution in [1.29, 1.82) is 0 Å². The molecule has 4 rings (SSSR count). The van der Waals surface area contributed by atoms with Crippen LogP contribution in [0.25, 0.3) is 11.2 Å². The van der Waals surface area contributed by atoms with E-state index in [4.69, 9.17) is 4.74 Å². The summed E-state index contributed by atoms with van der Waals surface area (Å²) in [4.78, 5) is 25.3. The number of pyridine rings is 2. The standard InChI is InChI=1S/C24H25FN4O3/c1-4-27-22(15-32-14-17-8-6-5-7-9-17)26-29(24(27)31)21-12-20-18(16(2)3)10-11-23(30)28(20)13-19(21)25/h5-13,16H,4,14-15H2,1-3H3. The van der Waals surface area contributed by atoms with Crippen LogP contribution in [0.15, 0.2) is 64.3 Å². The highest BCUT2D eigenvalue weighted by Crippen LogP contribution is 2.22. The number of benzene rings is 1. The molecule has 166 valence electrons. The molecule has 0 spiro atoms. The molecule has 0 bridgehead atoms. The lowest BCUT2D eigenvalue weighted by Crippen LogP contribution is -2.25. The molecule has 0 radical (unpaired) electrons. The quantitative estimate of drug-likeness (QED) is 0.444. The monoisotopic (exact) mass is 436 g/mol. The van der Waals surface area contributed by atoms with Gasteiger partial charge in [0.25, 0.3) is 5.56 Å². The van der Waals surface area contributed by atoms with Crippen molar-refractivity contribution >= 4 is 5.52 Å². The summed E-state index contributed by atoms with van der Waals surface area (Å²) in [7, 11) is 0. The first-order chi connectivity index (χ1) is 15.4. The predicted octanol–water partition coefficient (Wildman–Crippen LogP) is 3.65. The lowest BCUT2D eigenvalue weighted by Gasteiger charge is -2.12. The third kappa shape index (κ3) is 4.01. The molecule has 0 unspecified atom stereocenters. The molecule has 0 amide bonds. The first-order valence-electron chi connectivity index (χ1n) is 10.6. The largest absolute Gasteiger partial charge is 0.369 e. The van der Waals surface area contributed by atoms with Crippen molar-refractivity contribution < 1.29 is 9.13 Å². The second-order valence-electron chi connectivity index (χ2n) is 7.88. The zero-order chi connectivity index (χ0) is 22.8. The van der Waals surface area contributed by atoms with E-state index in [1.54, 1.807) is 6.07 Å². The van der Waals surface area contributed by atoms with Gasteiger partial charge in [0.05, 0.1) is 18.3 Å². The summed E-state index contributed by atoms with van der Waals surface area (Å²) < 4.78 is 24.5. The van der Waals surface area contributed by atoms with Gasteiger partial charge in [0, 0.05) is 12.6 Å². The summed E-state index contributed by atoms with van der Waals surface area (Å²) in [5.41, 5.74) is 1.63. The van der Waals surface area contributed by atoms with Crippen LogP contribution in [0.4, 0.5) is 4.39 Å². The van der Waals surface area contributed by atoms with Gasteiger partial charge in [-0.1, -0.05) is 50.2 Å². The third-order valence-corrected chi connectivity index (χ3v) is 5.41. The average molecular weight is 436 g/mol. The van der Waals surface area contributed by atoms with Crippen LogP contribution in [0.5, 0.6) is 0 Å². The van der Waals surface area contributed by atoms with Crippen molar-refractivity contribution in [3.8, 4) is 5.69 Å². The summed E-state index contributed by atoms with van der Waals surface area (Å²) in [6, 6.07) is 14.3. The molecule has 0 N–H and O–H groups in total. The fraction of sp³-hybridized carbons (Fsp3) is 0.292. The topological polar surface area (TPSA) is 70.5 Å². The van der Waals surface area contributed by atoms with Gasteiger partial charge in [-0.2, -0.15) is 4.68 Å². The van der Waals surface area contributed by atoms with E-state index in [1.165, 1.54) is 21.1 Å². The second kappa shape index (κ2) is 8.92. The van der Waals surface area contributed by atoms with Gasteiger partial charge >= 0.3 is 5.69 Å². The van der Waals surface area contributed by atoms with Gasteiger partial charge in [0.15, 0.2) is 11.6 Å². The minimum absolute atomic E-state index is 0.000917. The molecular weight excluding hydrogens is 411 g/mol. The maximum Gasteiger partial charge on any atom is 0.350 e. The maximum absolute atomic E-state index is 15.0. The minimum Gasteiger partial charge on any atom is -0.369 e. The Balaban J connectivity index is 1.75. The summed E-state index contributed by atoms with van der Waals surface area (Å²) in [5.74, 6) is -0.196. The number of fused-ring (bicyclic) bond motifs is 1. The zero-order valence-corrected chi connectivity index (χ0v) is 18.3. The first kappa shape index (κ1) is 21.7. The smallest absolute Gasteiger partial charge is 0.350 e. The molecule has 4 aromatic rings. The Labute approximate surface area is 184 Å². The van der Waals surface area contributed by atoms with Crippen LogP contribution in [0.3, 0.4) is 0 Å². The van der Waals surface area contributed by atoms with Crippen molar-refractivity contribution in [3.63, 3.8) is 0 Å². The number of hydrogen-bond acceptors (Lipinski definition) is 4. The Morgan fingerprint density at radius 3 is 2.50 bits per heavy atom. The van der Waals surface area contributed by atoms with E-state index in [0.717, 1.165) is 22.0 Å². The third-order valence-electron chi connectivity index (χ3n) is 5.41. The molecule has 0 atom stereocenters. The molecule has 0 saturated carbocycles. The van der Waals surface area contributed by atoms with E-state index in [1.807, 2.05) is 51.1 Å². The Hall–Kier alpha value is -3.52. The highest BCUT2D eigenvalue weighted by molar-refractivity contribution is 5.60. The Morgan fingerprint density at radius 2 is 1.81 bits per heavy atom. The number of nitrogens with zero attached hydrogens (tertiary/aromatic N) is 4. The molecule has 0 fully saturated rings. The molecular formula is C24H25FN4O3. The van der Waals surface area contributed by atoms with Crippen molar-refractivity contribution in [3.05, 3.63) is 98.3 Å². The van der Waals surface area contributed by atoms with Crippen LogP contribution in [-0.4, -0.2) is 18.7 Å². The second-order valence-corrected chi connectivity index (χ2v) is 7.88. The maximum atomic E-state index is 15.0. The fourth-order valence-electron chi connectivity index (χ4n) is 3.75. The fourth-order valence-corrected chi connectivity index (χ4v) is 3.75. The lowest BCUT2D eigenvalue weighted by atomic mass is 10.0. The summed E-state index contributed by atoms with van der Waals surface area (Å²) in [6.07, 6.45) is 1.11. The van der Waals surface area contributed by atoms with Gasteiger partial charge in [0.1, 0.15) is 12.3 Å². The molecule has 32 heavy (non-hydrogen) atoms. The van der Waals surface area contributed by atoms with Gasteiger partial charge in [-0.05, 0) is 30.0 Å². The number of aromatic nitrogens is 4. The van der Waals surface area contributed by atoms with E-state index in [2.05, 4.69) is 5.10 Å². The molecule has 7 nitrogen and oxygen atoms in total. The molecule has 1 aromatic carbocycles. The molecule has 0 saturated heterocycles. The van der Waals surface area contributed by atoms with Crippen molar-refractivity contribution in [1.82, 2.24) is 18.7 Å². The summed E-state index contributed by atoms with van der Waals surface area (Å²) in [6.45, 7) is 6.65. The summed E-state index contributed by atoms with van der Waals surface area (Å²) in [5, 5.41) is 4.36. The van der Waals surface area contributed by atoms with Crippen LogP contribution in [-0.2, 0) is 24.5 Å². The minimum atomic E-state index is -0.708. The van der Waals surface area contributed by atoms with E-state index in [9.17, 15) is 9.59 Å². The van der Waals surface area contributed by atoms with Crippen LogP contribution in [0, 0.1) is 5.82 Å². The SMILES string of the molecule is CCn1c(COCc2ccccc2)nn(-c2cc3c(C(C)C)ccc(=O)n3cc2F)c1=O. The van der Waals surface area contributed by atoms with Crippen LogP contribution in [0.1, 0.15) is 43.6 Å². The molecule has 0 aliphatic rings.